The van der Waals surface area contributed by atoms with Gasteiger partial charge in [-0.15, -0.1) is 0 Å². The van der Waals surface area contributed by atoms with E-state index in [2.05, 4.69) is 24.0 Å². The van der Waals surface area contributed by atoms with Crippen molar-refractivity contribution in [1.29, 1.82) is 0 Å². The molecule has 3 aromatic carbocycles. The molecule has 0 saturated heterocycles. The predicted octanol–water partition coefficient (Wildman–Crippen LogP) is 7.02. The number of rotatable bonds is 6. The molecule has 0 N–H and O–H groups in total. The largest absolute Gasteiger partial charge is 0.486 e. The van der Waals surface area contributed by atoms with Crippen molar-refractivity contribution in [3.05, 3.63) is 93.2 Å². The minimum Gasteiger partial charge on any atom is -0.486 e. The molecule has 0 bridgehead atoms. The molecule has 0 saturated carbocycles. The van der Waals surface area contributed by atoms with E-state index in [1.54, 1.807) is 30.5 Å². The highest BCUT2D eigenvalue weighted by atomic mass is 35.5. The summed E-state index contributed by atoms with van der Waals surface area (Å²) >= 11 is 12.6. The second-order valence-corrected chi connectivity index (χ2v) is 6.82. The van der Waals surface area contributed by atoms with E-state index in [0.29, 0.717) is 15.8 Å². The van der Waals surface area contributed by atoms with Gasteiger partial charge in [0.25, 0.3) is 0 Å². The zero-order valence-corrected chi connectivity index (χ0v) is 16.3. The molecule has 0 radical (unpaired) electrons. The Hall–Kier alpha value is -2.36. The summed E-state index contributed by atoms with van der Waals surface area (Å²) in [5, 5.41) is 0.791. The van der Waals surface area contributed by atoms with Crippen LogP contribution in [0.4, 0.5) is 10.1 Å². The van der Waals surface area contributed by atoms with E-state index in [-0.39, 0.29) is 12.4 Å². The molecule has 0 atom stereocenters. The molecule has 27 heavy (non-hydrogen) atoms. The molecule has 0 aliphatic rings. The van der Waals surface area contributed by atoms with Gasteiger partial charge in [0.1, 0.15) is 12.4 Å². The molecule has 2 nitrogen and oxygen atoms in total. The van der Waals surface area contributed by atoms with Gasteiger partial charge < -0.3 is 4.74 Å². The van der Waals surface area contributed by atoms with Gasteiger partial charge in [-0.25, -0.2) is 4.39 Å². The van der Waals surface area contributed by atoms with Crippen molar-refractivity contribution in [2.75, 3.05) is 0 Å². The monoisotopic (exact) mass is 401 g/mol. The Morgan fingerprint density at radius 3 is 2.11 bits per heavy atom. The smallest absolute Gasteiger partial charge is 0.157 e. The number of aryl methyl sites for hydroxylation is 1. The Morgan fingerprint density at radius 2 is 1.52 bits per heavy atom. The fourth-order valence-electron chi connectivity index (χ4n) is 2.49. The zero-order valence-electron chi connectivity index (χ0n) is 14.8. The van der Waals surface area contributed by atoms with Gasteiger partial charge in [-0.1, -0.05) is 54.4 Å². The van der Waals surface area contributed by atoms with Crippen molar-refractivity contribution >= 4 is 35.1 Å². The Balaban J connectivity index is 1.71. The van der Waals surface area contributed by atoms with E-state index in [0.717, 1.165) is 23.2 Å². The number of hydrogen-bond acceptors (Lipinski definition) is 2. The maximum atomic E-state index is 13.0. The van der Waals surface area contributed by atoms with Crippen molar-refractivity contribution in [2.24, 2.45) is 4.99 Å². The van der Waals surface area contributed by atoms with Gasteiger partial charge in [0.05, 0.1) is 15.7 Å². The second-order valence-electron chi connectivity index (χ2n) is 6.01. The van der Waals surface area contributed by atoms with Gasteiger partial charge in [-0.05, 0) is 59.5 Å². The van der Waals surface area contributed by atoms with Gasteiger partial charge >= 0.3 is 0 Å². The highest BCUT2D eigenvalue weighted by molar-refractivity contribution is 6.37. The minimum absolute atomic E-state index is 0.247. The summed E-state index contributed by atoms with van der Waals surface area (Å²) in [6.07, 6.45) is 2.71. The van der Waals surface area contributed by atoms with Crippen LogP contribution >= 0.6 is 23.2 Å². The van der Waals surface area contributed by atoms with Crippen molar-refractivity contribution in [2.45, 2.75) is 20.0 Å². The van der Waals surface area contributed by atoms with Gasteiger partial charge in [0, 0.05) is 6.21 Å². The van der Waals surface area contributed by atoms with Gasteiger partial charge in [0.15, 0.2) is 5.75 Å². The molecule has 0 spiro atoms. The van der Waals surface area contributed by atoms with E-state index in [9.17, 15) is 4.39 Å². The maximum Gasteiger partial charge on any atom is 0.157 e. The lowest BCUT2D eigenvalue weighted by atomic mass is 10.1. The summed E-state index contributed by atoms with van der Waals surface area (Å²) in [4.78, 5) is 4.45. The summed E-state index contributed by atoms with van der Waals surface area (Å²) in [6, 6.07) is 17.6. The van der Waals surface area contributed by atoms with Crippen LogP contribution in [0.25, 0.3) is 0 Å². The van der Waals surface area contributed by atoms with Gasteiger partial charge in [-0.2, -0.15) is 0 Å². The molecule has 138 valence electrons. The lowest BCUT2D eigenvalue weighted by molar-refractivity contribution is 0.306. The Labute approximate surface area is 168 Å². The third-order valence-electron chi connectivity index (χ3n) is 4.02. The molecule has 0 aromatic heterocycles. The number of hydrogen-bond donors (Lipinski definition) is 0. The maximum absolute atomic E-state index is 13.0. The van der Waals surface area contributed by atoms with E-state index < -0.39 is 0 Å². The third kappa shape index (κ3) is 5.31. The van der Waals surface area contributed by atoms with Crippen LogP contribution in [0.15, 0.2) is 65.7 Å². The number of aliphatic imine (C=N–C) groups is 1. The molecule has 0 aliphatic carbocycles. The summed E-state index contributed by atoms with van der Waals surface area (Å²) in [7, 11) is 0. The lowest BCUT2D eigenvalue weighted by Crippen LogP contribution is -1.97. The summed E-state index contributed by atoms with van der Waals surface area (Å²) in [6.45, 7) is 2.36. The van der Waals surface area contributed by atoms with Crippen LogP contribution in [0.1, 0.15) is 23.6 Å². The van der Waals surface area contributed by atoms with Gasteiger partial charge in [0.2, 0.25) is 0 Å². The van der Waals surface area contributed by atoms with E-state index in [1.807, 2.05) is 12.1 Å². The molecule has 5 heteroatoms. The van der Waals surface area contributed by atoms with Crippen LogP contribution in [0.2, 0.25) is 10.0 Å². The lowest BCUT2D eigenvalue weighted by Gasteiger charge is -2.11. The first-order valence-corrected chi connectivity index (χ1v) is 9.30. The standard InChI is InChI=1S/C22H18Cl2FNO/c1-2-15-5-9-19(10-6-15)26-13-17-11-20(23)22(21(24)12-17)27-14-16-3-7-18(25)8-4-16/h3-13H,2,14H2,1H3. The quantitative estimate of drug-likeness (QED) is 0.406. The van der Waals surface area contributed by atoms with Crippen LogP contribution in [0.5, 0.6) is 5.75 Å². The zero-order chi connectivity index (χ0) is 19.2. The van der Waals surface area contributed by atoms with Crippen molar-refractivity contribution < 1.29 is 9.13 Å². The van der Waals surface area contributed by atoms with Crippen LogP contribution in [0, 0.1) is 5.82 Å². The van der Waals surface area contributed by atoms with E-state index in [1.165, 1.54) is 17.7 Å². The average molecular weight is 402 g/mol. The molecule has 0 heterocycles. The normalized spacial score (nSPS) is 11.1. The molecular weight excluding hydrogens is 384 g/mol. The fourth-order valence-corrected chi connectivity index (χ4v) is 3.11. The second kappa shape index (κ2) is 9.03. The molecule has 3 rings (SSSR count). The van der Waals surface area contributed by atoms with E-state index >= 15 is 0 Å². The van der Waals surface area contributed by atoms with Crippen molar-refractivity contribution in [3.8, 4) is 5.75 Å². The molecule has 0 amide bonds. The first-order chi connectivity index (χ1) is 13.0. The van der Waals surface area contributed by atoms with Crippen molar-refractivity contribution in [3.63, 3.8) is 0 Å². The first kappa shape index (κ1) is 19.4. The van der Waals surface area contributed by atoms with Crippen LogP contribution in [-0.4, -0.2) is 6.21 Å². The Bertz CT molecular complexity index is 915. The molecule has 0 aliphatic heterocycles. The molecule has 0 unspecified atom stereocenters. The Morgan fingerprint density at radius 1 is 0.926 bits per heavy atom. The SMILES string of the molecule is CCc1ccc(N=Cc2cc(Cl)c(OCc3ccc(F)cc3)c(Cl)c2)cc1. The summed E-state index contributed by atoms with van der Waals surface area (Å²) < 4.78 is 18.7. The minimum atomic E-state index is -0.289. The van der Waals surface area contributed by atoms with Crippen molar-refractivity contribution in [1.82, 2.24) is 0 Å². The predicted molar refractivity (Wildman–Crippen MR) is 110 cm³/mol. The average Bonchev–Trinajstić information content (AvgIpc) is 2.67. The van der Waals surface area contributed by atoms with Gasteiger partial charge in [-0.3, -0.25) is 4.99 Å². The fraction of sp³-hybridized carbons (Fsp3) is 0.136. The first-order valence-electron chi connectivity index (χ1n) is 8.54. The number of halogens is 3. The summed E-state index contributed by atoms with van der Waals surface area (Å²) in [5.41, 5.74) is 3.72. The molecular formula is C22H18Cl2FNO. The molecule has 0 fully saturated rings. The topological polar surface area (TPSA) is 21.6 Å². The van der Waals surface area contributed by atoms with Crippen LogP contribution in [0.3, 0.4) is 0 Å². The van der Waals surface area contributed by atoms with Crippen LogP contribution in [-0.2, 0) is 13.0 Å². The number of benzene rings is 3. The number of ether oxygens (including phenoxy) is 1. The highest BCUT2D eigenvalue weighted by Gasteiger charge is 2.10. The molecule has 3 aromatic rings. The van der Waals surface area contributed by atoms with Crippen LogP contribution < -0.4 is 4.74 Å². The third-order valence-corrected chi connectivity index (χ3v) is 4.59. The number of nitrogens with zero attached hydrogens (tertiary/aromatic N) is 1. The summed E-state index contributed by atoms with van der Waals surface area (Å²) in [5.74, 6) is 0.106. The van der Waals surface area contributed by atoms with E-state index in [4.69, 9.17) is 27.9 Å². The highest BCUT2D eigenvalue weighted by Crippen LogP contribution is 2.34. The Kier molecular flexibility index (Phi) is 6.49.